The Labute approximate surface area is 143 Å². The molecular weight excluding hydrogens is 326 g/mol. The van der Waals surface area contributed by atoms with Crippen molar-refractivity contribution in [2.45, 2.75) is 11.8 Å². The molecule has 0 unspecified atom stereocenters. The minimum Gasteiger partial charge on any atom is -0.367 e. The zero-order valence-electron chi connectivity index (χ0n) is 14.0. The first kappa shape index (κ1) is 18.2. The summed E-state index contributed by atoms with van der Waals surface area (Å²) in [7, 11) is -2.11. The molecular formula is C17H23N3O3S. The number of anilines is 1. The van der Waals surface area contributed by atoms with Crippen molar-refractivity contribution >= 4 is 21.6 Å². The van der Waals surface area contributed by atoms with Crippen molar-refractivity contribution in [1.82, 2.24) is 9.62 Å². The summed E-state index contributed by atoms with van der Waals surface area (Å²) in [5.74, 6) is -0.0242. The van der Waals surface area contributed by atoms with E-state index in [1.54, 1.807) is 35.3 Å². The summed E-state index contributed by atoms with van der Waals surface area (Å²) < 4.78 is 26.7. The molecule has 7 heteroatoms. The van der Waals surface area contributed by atoms with Crippen LogP contribution in [0.4, 0.5) is 5.69 Å². The predicted octanol–water partition coefficient (Wildman–Crippen LogP) is 1.38. The minimum absolute atomic E-state index is 0.0242. The van der Waals surface area contributed by atoms with Gasteiger partial charge in [0.25, 0.3) is 0 Å². The third-order valence-corrected chi connectivity index (χ3v) is 5.36. The number of hydrogen-bond donors (Lipinski definition) is 1. The highest BCUT2D eigenvalue weighted by Gasteiger charge is 2.24. The van der Waals surface area contributed by atoms with Gasteiger partial charge in [-0.1, -0.05) is 30.4 Å². The summed E-state index contributed by atoms with van der Waals surface area (Å²) >= 11 is 0. The van der Waals surface area contributed by atoms with Gasteiger partial charge in [0, 0.05) is 32.3 Å². The van der Waals surface area contributed by atoms with E-state index >= 15 is 0 Å². The lowest BCUT2D eigenvalue weighted by molar-refractivity contribution is -0.126. The second-order valence-corrected chi connectivity index (χ2v) is 7.23. The molecule has 24 heavy (non-hydrogen) atoms. The number of amides is 1. The summed E-state index contributed by atoms with van der Waals surface area (Å²) in [6, 6.07) is 6.92. The summed E-state index contributed by atoms with van der Waals surface area (Å²) in [5.41, 5.74) is 0.670. The number of nitrogens with zero attached hydrogens (tertiary/aromatic N) is 2. The van der Waals surface area contributed by atoms with Crippen molar-refractivity contribution in [3.8, 4) is 0 Å². The first-order chi connectivity index (χ1) is 11.5. The van der Waals surface area contributed by atoms with Crippen molar-refractivity contribution in [2.24, 2.45) is 0 Å². The molecule has 1 fully saturated rings. The highest BCUT2D eigenvalue weighted by Crippen LogP contribution is 2.25. The number of piperazine rings is 1. The number of hydrogen-bond acceptors (Lipinski definition) is 4. The van der Waals surface area contributed by atoms with Gasteiger partial charge in [0.2, 0.25) is 15.9 Å². The molecule has 0 aromatic heterocycles. The number of rotatable bonds is 5. The number of para-hydroxylation sites is 1. The van der Waals surface area contributed by atoms with Crippen LogP contribution in [-0.4, -0.2) is 52.5 Å². The maximum absolute atomic E-state index is 12.2. The van der Waals surface area contributed by atoms with E-state index in [2.05, 4.69) is 4.72 Å². The Morgan fingerprint density at radius 3 is 2.42 bits per heavy atom. The fourth-order valence-electron chi connectivity index (χ4n) is 2.58. The SMILES string of the molecule is CC=CC=CC(=O)N1CCN(c2ccccc2S(=O)(=O)NC)CC1. The number of carbonyl (C=O) groups excluding carboxylic acids is 1. The topological polar surface area (TPSA) is 69.7 Å². The normalized spacial score (nSPS) is 16.2. The summed E-state index contributed by atoms with van der Waals surface area (Å²) in [6.45, 7) is 4.21. The van der Waals surface area contributed by atoms with Gasteiger partial charge >= 0.3 is 0 Å². The van der Waals surface area contributed by atoms with Crippen LogP contribution in [-0.2, 0) is 14.8 Å². The van der Waals surface area contributed by atoms with E-state index in [9.17, 15) is 13.2 Å². The zero-order valence-corrected chi connectivity index (χ0v) is 14.8. The van der Waals surface area contributed by atoms with Crippen LogP contribution in [0, 0.1) is 0 Å². The van der Waals surface area contributed by atoms with Crippen molar-refractivity contribution in [2.75, 3.05) is 38.1 Å². The number of allylic oxidation sites excluding steroid dienone is 3. The molecule has 1 saturated heterocycles. The van der Waals surface area contributed by atoms with Gasteiger partial charge in [0.15, 0.2) is 0 Å². The molecule has 1 aliphatic heterocycles. The van der Waals surface area contributed by atoms with Gasteiger partial charge in [-0.25, -0.2) is 13.1 Å². The van der Waals surface area contributed by atoms with Crippen LogP contribution >= 0.6 is 0 Å². The maximum atomic E-state index is 12.2. The molecule has 1 amide bonds. The largest absolute Gasteiger partial charge is 0.367 e. The lowest BCUT2D eigenvalue weighted by atomic mass is 10.2. The smallest absolute Gasteiger partial charge is 0.246 e. The van der Waals surface area contributed by atoms with Crippen LogP contribution in [0.2, 0.25) is 0 Å². The molecule has 0 bridgehead atoms. The average Bonchev–Trinajstić information content (AvgIpc) is 2.62. The molecule has 130 valence electrons. The Hall–Kier alpha value is -2.12. The molecule has 0 aliphatic carbocycles. The molecule has 0 spiro atoms. The summed E-state index contributed by atoms with van der Waals surface area (Å²) in [6.07, 6.45) is 6.95. The average molecular weight is 349 g/mol. The Kier molecular flexibility index (Phi) is 6.16. The second kappa shape index (κ2) is 8.12. The van der Waals surface area contributed by atoms with Crippen molar-refractivity contribution in [3.63, 3.8) is 0 Å². The molecule has 1 aromatic rings. The molecule has 1 heterocycles. The van der Waals surface area contributed by atoms with E-state index in [-0.39, 0.29) is 10.8 Å². The van der Waals surface area contributed by atoms with Gasteiger partial charge in [-0.05, 0) is 26.1 Å². The molecule has 6 nitrogen and oxygen atoms in total. The molecule has 0 atom stereocenters. The molecule has 2 rings (SSSR count). The molecule has 0 saturated carbocycles. The maximum Gasteiger partial charge on any atom is 0.246 e. The van der Waals surface area contributed by atoms with Crippen LogP contribution in [0.25, 0.3) is 0 Å². The standard InChI is InChI=1S/C17H23N3O3S/c1-3-4-5-10-17(21)20-13-11-19(12-14-20)15-8-6-7-9-16(15)24(22,23)18-2/h3-10,18H,11-14H2,1-2H3. The third kappa shape index (κ3) is 4.24. The number of nitrogens with one attached hydrogen (secondary N) is 1. The van der Waals surface area contributed by atoms with E-state index in [0.29, 0.717) is 31.9 Å². The monoisotopic (exact) mass is 349 g/mol. The molecule has 1 aliphatic rings. The first-order valence-corrected chi connectivity index (χ1v) is 9.33. The summed E-state index contributed by atoms with van der Waals surface area (Å²) in [5, 5.41) is 0. The van der Waals surface area contributed by atoms with Crippen LogP contribution < -0.4 is 9.62 Å². The van der Waals surface area contributed by atoms with E-state index in [0.717, 1.165) is 0 Å². The molecule has 1 aromatic carbocycles. The highest BCUT2D eigenvalue weighted by molar-refractivity contribution is 7.89. The Morgan fingerprint density at radius 2 is 1.79 bits per heavy atom. The van der Waals surface area contributed by atoms with Gasteiger partial charge in [-0.2, -0.15) is 0 Å². The van der Waals surface area contributed by atoms with Crippen LogP contribution in [0.5, 0.6) is 0 Å². The van der Waals surface area contributed by atoms with E-state index < -0.39 is 10.0 Å². The highest BCUT2D eigenvalue weighted by atomic mass is 32.2. The fraction of sp³-hybridized carbons (Fsp3) is 0.353. The Morgan fingerprint density at radius 1 is 1.12 bits per heavy atom. The van der Waals surface area contributed by atoms with Gasteiger partial charge in [-0.15, -0.1) is 0 Å². The predicted molar refractivity (Wildman–Crippen MR) is 95.4 cm³/mol. The number of sulfonamides is 1. The van der Waals surface area contributed by atoms with Gasteiger partial charge < -0.3 is 9.80 Å². The Balaban J connectivity index is 2.10. The molecule has 0 radical (unpaired) electrons. The van der Waals surface area contributed by atoms with Gasteiger partial charge in [-0.3, -0.25) is 4.79 Å². The first-order valence-electron chi connectivity index (χ1n) is 7.85. The van der Waals surface area contributed by atoms with Crippen molar-refractivity contribution in [1.29, 1.82) is 0 Å². The number of benzene rings is 1. The minimum atomic E-state index is -3.51. The van der Waals surface area contributed by atoms with Crippen LogP contribution in [0.15, 0.2) is 53.5 Å². The van der Waals surface area contributed by atoms with E-state index in [1.807, 2.05) is 30.0 Å². The second-order valence-electron chi connectivity index (χ2n) is 5.37. The Bertz CT molecular complexity index is 733. The van der Waals surface area contributed by atoms with Gasteiger partial charge in [0.05, 0.1) is 5.69 Å². The van der Waals surface area contributed by atoms with Crippen molar-refractivity contribution in [3.05, 3.63) is 48.6 Å². The summed E-state index contributed by atoms with van der Waals surface area (Å²) in [4.78, 5) is 16.1. The van der Waals surface area contributed by atoms with E-state index in [4.69, 9.17) is 0 Å². The van der Waals surface area contributed by atoms with Crippen molar-refractivity contribution < 1.29 is 13.2 Å². The lowest BCUT2D eigenvalue weighted by Crippen LogP contribution is -2.48. The third-order valence-electron chi connectivity index (χ3n) is 3.90. The zero-order chi connectivity index (χ0) is 17.6. The quantitative estimate of drug-likeness (QED) is 0.644. The number of carbonyl (C=O) groups is 1. The molecule has 1 N–H and O–H groups in total. The van der Waals surface area contributed by atoms with E-state index in [1.165, 1.54) is 7.05 Å². The fourth-order valence-corrected chi connectivity index (χ4v) is 3.53. The van der Waals surface area contributed by atoms with Gasteiger partial charge in [0.1, 0.15) is 4.90 Å². The lowest BCUT2D eigenvalue weighted by Gasteiger charge is -2.36. The van der Waals surface area contributed by atoms with Crippen LogP contribution in [0.1, 0.15) is 6.92 Å². The van der Waals surface area contributed by atoms with Crippen LogP contribution in [0.3, 0.4) is 0 Å².